The van der Waals surface area contributed by atoms with Crippen molar-refractivity contribution in [3.63, 3.8) is 0 Å². The number of rotatable bonds is 6. The predicted octanol–water partition coefficient (Wildman–Crippen LogP) is 5.17. The van der Waals surface area contributed by atoms with Crippen LogP contribution in [0.3, 0.4) is 0 Å². The Hall–Kier alpha value is -5.65. The van der Waals surface area contributed by atoms with Crippen molar-refractivity contribution in [3.8, 4) is 5.95 Å². The summed E-state index contributed by atoms with van der Waals surface area (Å²) < 4.78 is 34.9. The molecule has 0 saturated heterocycles. The maximum Gasteiger partial charge on any atom is 0.414 e. The Bertz CT molecular complexity index is 1950. The highest BCUT2D eigenvalue weighted by Crippen LogP contribution is 2.32. The Morgan fingerprint density at radius 2 is 1.67 bits per heavy atom. The molecule has 210 valence electrons. The van der Waals surface area contributed by atoms with E-state index in [0.717, 1.165) is 22.5 Å². The first-order valence-electron chi connectivity index (χ1n) is 12.9. The molecule has 6 aromatic rings. The lowest BCUT2D eigenvalue weighted by Crippen LogP contribution is -2.32. The summed E-state index contributed by atoms with van der Waals surface area (Å²) in [5.74, 6) is -1.38. The van der Waals surface area contributed by atoms with E-state index in [9.17, 15) is 13.6 Å². The molecule has 0 bridgehead atoms. The fraction of sp³-hybridized carbons (Fsp3) is 0.100. The van der Waals surface area contributed by atoms with Gasteiger partial charge >= 0.3 is 6.09 Å². The molecule has 10 nitrogen and oxygen atoms in total. The number of ether oxygens (including phenoxy) is 1. The van der Waals surface area contributed by atoms with Crippen molar-refractivity contribution in [3.05, 3.63) is 107 Å². The molecule has 0 fully saturated rings. The number of methoxy groups -OCH3 is 1. The Kier molecular flexibility index (Phi) is 6.79. The summed E-state index contributed by atoms with van der Waals surface area (Å²) in [6, 6.07) is 21.1. The second-order valence-corrected chi connectivity index (χ2v) is 9.53. The molecular formula is C30H24F2N8O2. The molecule has 0 spiro atoms. The van der Waals surface area contributed by atoms with Crippen molar-refractivity contribution >= 4 is 45.2 Å². The van der Waals surface area contributed by atoms with Gasteiger partial charge in [-0.05, 0) is 34.0 Å². The number of amides is 1. The maximum absolute atomic E-state index is 14.4. The van der Waals surface area contributed by atoms with Crippen molar-refractivity contribution in [1.82, 2.24) is 24.7 Å². The van der Waals surface area contributed by atoms with E-state index in [1.165, 1.54) is 28.8 Å². The lowest BCUT2D eigenvalue weighted by atomic mass is 10.1. The van der Waals surface area contributed by atoms with Gasteiger partial charge in [-0.25, -0.2) is 18.6 Å². The molecule has 42 heavy (non-hydrogen) atoms. The Morgan fingerprint density at radius 1 is 0.952 bits per heavy atom. The second kappa shape index (κ2) is 10.7. The van der Waals surface area contributed by atoms with Crippen LogP contribution in [0, 0.1) is 11.6 Å². The predicted molar refractivity (Wildman–Crippen MR) is 155 cm³/mol. The van der Waals surface area contributed by atoms with Crippen molar-refractivity contribution in [2.45, 2.75) is 13.0 Å². The summed E-state index contributed by atoms with van der Waals surface area (Å²) in [5.41, 5.74) is 14.9. The smallest absolute Gasteiger partial charge is 0.414 e. The highest BCUT2D eigenvalue weighted by atomic mass is 19.1. The van der Waals surface area contributed by atoms with Crippen LogP contribution >= 0.6 is 0 Å². The molecule has 3 aromatic carbocycles. The number of hydrogen-bond donors (Lipinski definition) is 2. The van der Waals surface area contributed by atoms with Crippen LogP contribution in [0.4, 0.5) is 30.9 Å². The summed E-state index contributed by atoms with van der Waals surface area (Å²) in [4.78, 5) is 27.0. The Balaban J connectivity index is 1.41. The van der Waals surface area contributed by atoms with Crippen LogP contribution in [0.5, 0.6) is 0 Å². The van der Waals surface area contributed by atoms with E-state index in [-0.39, 0.29) is 41.8 Å². The number of benzene rings is 3. The Labute approximate surface area is 238 Å². The fourth-order valence-electron chi connectivity index (χ4n) is 4.84. The number of carbonyl (C=O) groups is 1. The molecule has 4 N–H and O–H groups in total. The van der Waals surface area contributed by atoms with Gasteiger partial charge < -0.3 is 16.2 Å². The SMILES string of the molecule is COC(=O)N(Cc1ccc2ccccc2c1)c1c(N)nc(-n2nc(Cc3ccccc3F)c3ncc(F)cc32)nc1N. The van der Waals surface area contributed by atoms with Crippen LogP contribution in [-0.2, 0) is 17.7 Å². The summed E-state index contributed by atoms with van der Waals surface area (Å²) in [7, 11) is 1.24. The Morgan fingerprint density at radius 3 is 2.40 bits per heavy atom. The minimum Gasteiger partial charge on any atom is -0.452 e. The van der Waals surface area contributed by atoms with Crippen LogP contribution in [0.2, 0.25) is 0 Å². The third-order valence-electron chi connectivity index (χ3n) is 6.81. The minimum absolute atomic E-state index is 0.0473. The highest BCUT2D eigenvalue weighted by molar-refractivity contribution is 5.95. The zero-order valence-corrected chi connectivity index (χ0v) is 22.3. The van der Waals surface area contributed by atoms with Gasteiger partial charge in [0.05, 0.1) is 31.1 Å². The first-order chi connectivity index (χ1) is 20.3. The quantitative estimate of drug-likeness (QED) is 0.282. The van der Waals surface area contributed by atoms with Crippen molar-refractivity contribution in [1.29, 1.82) is 0 Å². The number of fused-ring (bicyclic) bond motifs is 2. The van der Waals surface area contributed by atoms with Gasteiger partial charge in [-0.1, -0.05) is 54.6 Å². The first kappa shape index (κ1) is 26.6. The molecule has 0 unspecified atom stereocenters. The molecular weight excluding hydrogens is 542 g/mol. The number of nitrogens with two attached hydrogens (primary N) is 2. The molecule has 0 aliphatic carbocycles. The number of aromatic nitrogens is 5. The monoisotopic (exact) mass is 566 g/mol. The van der Waals surface area contributed by atoms with E-state index < -0.39 is 17.7 Å². The van der Waals surface area contributed by atoms with E-state index in [1.807, 2.05) is 42.5 Å². The number of anilines is 3. The molecule has 6 rings (SSSR count). The van der Waals surface area contributed by atoms with Crippen molar-refractivity contribution in [2.24, 2.45) is 0 Å². The average Bonchev–Trinajstić information content (AvgIpc) is 3.34. The zero-order chi connectivity index (χ0) is 29.4. The van der Waals surface area contributed by atoms with Gasteiger partial charge in [0, 0.05) is 12.5 Å². The van der Waals surface area contributed by atoms with Crippen LogP contribution in [-0.4, -0.2) is 37.9 Å². The maximum atomic E-state index is 14.4. The summed E-state index contributed by atoms with van der Waals surface area (Å²) in [5, 5.41) is 6.56. The van der Waals surface area contributed by atoms with Gasteiger partial charge in [-0.15, -0.1) is 0 Å². The van der Waals surface area contributed by atoms with E-state index in [4.69, 9.17) is 16.2 Å². The van der Waals surface area contributed by atoms with Gasteiger partial charge in [-0.3, -0.25) is 4.90 Å². The number of pyridine rings is 1. The second-order valence-electron chi connectivity index (χ2n) is 9.53. The molecule has 1 amide bonds. The number of halogens is 2. The molecule has 12 heteroatoms. The molecule has 3 heterocycles. The molecule has 0 atom stereocenters. The fourth-order valence-corrected chi connectivity index (χ4v) is 4.84. The van der Waals surface area contributed by atoms with Gasteiger partial charge in [0.15, 0.2) is 11.6 Å². The van der Waals surface area contributed by atoms with Crippen LogP contribution in [0.15, 0.2) is 79.0 Å². The van der Waals surface area contributed by atoms with E-state index in [1.54, 1.807) is 18.2 Å². The summed E-state index contributed by atoms with van der Waals surface area (Å²) in [6.45, 7) is 0.0707. The third kappa shape index (κ3) is 4.89. The first-order valence-corrected chi connectivity index (χ1v) is 12.9. The zero-order valence-electron chi connectivity index (χ0n) is 22.3. The largest absolute Gasteiger partial charge is 0.452 e. The molecule has 0 aliphatic rings. The minimum atomic E-state index is -0.721. The van der Waals surface area contributed by atoms with Gasteiger partial charge in [0.1, 0.15) is 22.8 Å². The van der Waals surface area contributed by atoms with E-state index in [0.29, 0.717) is 16.8 Å². The molecule has 0 saturated carbocycles. The third-order valence-corrected chi connectivity index (χ3v) is 6.81. The van der Waals surface area contributed by atoms with E-state index >= 15 is 0 Å². The average molecular weight is 567 g/mol. The molecule has 0 radical (unpaired) electrons. The van der Waals surface area contributed by atoms with Crippen LogP contribution in [0.1, 0.15) is 16.8 Å². The van der Waals surface area contributed by atoms with Gasteiger partial charge in [-0.2, -0.15) is 19.7 Å². The van der Waals surface area contributed by atoms with E-state index in [2.05, 4.69) is 20.1 Å². The molecule has 0 aliphatic heterocycles. The lowest BCUT2D eigenvalue weighted by molar-refractivity contribution is 0.178. The number of nitrogen functional groups attached to an aromatic ring is 2. The van der Waals surface area contributed by atoms with Crippen LogP contribution < -0.4 is 16.4 Å². The lowest BCUT2D eigenvalue weighted by Gasteiger charge is -2.23. The van der Waals surface area contributed by atoms with Crippen LogP contribution in [0.25, 0.3) is 27.8 Å². The number of nitrogens with zero attached hydrogens (tertiary/aromatic N) is 6. The number of hydrogen-bond acceptors (Lipinski definition) is 8. The van der Waals surface area contributed by atoms with Gasteiger partial charge in [0.2, 0.25) is 0 Å². The summed E-state index contributed by atoms with van der Waals surface area (Å²) >= 11 is 0. The van der Waals surface area contributed by atoms with Gasteiger partial charge in [0.25, 0.3) is 5.95 Å². The summed E-state index contributed by atoms with van der Waals surface area (Å²) in [6.07, 6.45) is 0.410. The topological polar surface area (TPSA) is 138 Å². The van der Waals surface area contributed by atoms with Crippen molar-refractivity contribution in [2.75, 3.05) is 23.5 Å². The van der Waals surface area contributed by atoms with Crippen molar-refractivity contribution < 1.29 is 18.3 Å². The normalized spacial score (nSPS) is 11.2. The standard InChI is InChI=1S/C30H24F2N8O2/c1-42-30(41)39(16-17-10-11-18-6-2-3-7-19(18)12-17)26-27(33)36-29(37-28(26)34)40-24-14-21(31)15-35-25(24)23(38-40)13-20-8-4-5-9-22(20)32/h2-12,14-15H,13,16H2,1H3,(H4,33,34,36,37). The number of carbonyl (C=O) groups excluding carboxylic acids is 1. The molecule has 3 aromatic heterocycles. The highest BCUT2D eigenvalue weighted by Gasteiger charge is 2.26.